The van der Waals surface area contributed by atoms with Crippen molar-refractivity contribution in [1.29, 1.82) is 0 Å². The van der Waals surface area contributed by atoms with E-state index >= 15 is 0 Å². The summed E-state index contributed by atoms with van der Waals surface area (Å²) < 4.78 is 5.45. The highest BCUT2D eigenvalue weighted by molar-refractivity contribution is 6.30. The van der Waals surface area contributed by atoms with Crippen molar-refractivity contribution in [3.8, 4) is 11.4 Å². The smallest absolute Gasteiger partial charge is 0.241 e. The zero-order valence-corrected chi connectivity index (χ0v) is 19.9. The number of carbonyl (C=O) groups is 1. The second-order valence-corrected chi connectivity index (χ2v) is 9.11. The van der Waals surface area contributed by atoms with Crippen molar-refractivity contribution in [2.45, 2.75) is 33.0 Å². The third-order valence-corrected chi connectivity index (χ3v) is 6.14. The number of hydrogen-bond acceptors (Lipinski definition) is 6. The van der Waals surface area contributed by atoms with Crippen LogP contribution in [0.2, 0.25) is 5.02 Å². The van der Waals surface area contributed by atoms with Gasteiger partial charge in [-0.15, -0.1) is 0 Å². The molecule has 2 heterocycles. The summed E-state index contributed by atoms with van der Waals surface area (Å²) >= 11 is 5.95. The van der Waals surface area contributed by atoms with Crippen molar-refractivity contribution in [2.24, 2.45) is 0 Å². The molecule has 8 heteroatoms. The second-order valence-electron chi connectivity index (χ2n) is 8.67. The van der Waals surface area contributed by atoms with Crippen LogP contribution in [0.3, 0.4) is 0 Å². The number of nitrogens with zero attached hydrogens (tertiary/aromatic N) is 5. The summed E-state index contributed by atoms with van der Waals surface area (Å²) in [4.78, 5) is 24.0. The summed E-state index contributed by atoms with van der Waals surface area (Å²) in [7, 11) is 0. The Morgan fingerprint density at radius 2 is 1.70 bits per heavy atom. The van der Waals surface area contributed by atoms with Gasteiger partial charge in [-0.1, -0.05) is 47.1 Å². The van der Waals surface area contributed by atoms with E-state index in [-0.39, 0.29) is 11.9 Å². The van der Waals surface area contributed by atoms with Gasteiger partial charge >= 0.3 is 0 Å². The van der Waals surface area contributed by atoms with Crippen molar-refractivity contribution < 1.29 is 9.32 Å². The van der Waals surface area contributed by atoms with Crippen LogP contribution >= 0.6 is 11.6 Å². The topological polar surface area (TPSA) is 65.7 Å². The van der Waals surface area contributed by atoms with Crippen molar-refractivity contribution in [3.63, 3.8) is 0 Å². The summed E-state index contributed by atoms with van der Waals surface area (Å²) in [6.07, 6.45) is 0. The third kappa shape index (κ3) is 6.41. The number of amides is 1. The summed E-state index contributed by atoms with van der Waals surface area (Å²) in [6, 6.07) is 17.7. The molecule has 1 fully saturated rings. The van der Waals surface area contributed by atoms with Crippen LogP contribution in [-0.2, 0) is 17.9 Å². The van der Waals surface area contributed by atoms with Gasteiger partial charge in [0.25, 0.3) is 0 Å². The van der Waals surface area contributed by atoms with Crippen LogP contribution in [0.25, 0.3) is 11.4 Å². The molecule has 1 aromatic heterocycles. The predicted octanol–water partition coefficient (Wildman–Crippen LogP) is 3.94. The monoisotopic (exact) mass is 467 g/mol. The minimum Gasteiger partial charge on any atom is -0.338 e. The molecule has 1 aliphatic rings. The van der Waals surface area contributed by atoms with Gasteiger partial charge in [-0.25, -0.2) is 0 Å². The Kier molecular flexibility index (Phi) is 7.75. The van der Waals surface area contributed by atoms with Crippen molar-refractivity contribution >= 4 is 17.5 Å². The van der Waals surface area contributed by atoms with Crippen LogP contribution in [0, 0.1) is 0 Å². The van der Waals surface area contributed by atoms with Gasteiger partial charge in [0, 0.05) is 49.4 Å². The fourth-order valence-corrected chi connectivity index (χ4v) is 4.08. The SMILES string of the molecule is CC(C)N(Cc1ccccc1)C(=O)CN1CCN(Cc2nc(-c3ccc(Cl)cc3)no2)CC1. The van der Waals surface area contributed by atoms with Crippen LogP contribution < -0.4 is 0 Å². The normalized spacial score (nSPS) is 15.2. The van der Waals surface area contributed by atoms with E-state index in [9.17, 15) is 4.79 Å². The van der Waals surface area contributed by atoms with Crippen molar-refractivity contribution in [2.75, 3.05) is 32.7 Å². The average molecular weight is 468 g/mol. The Bertz CT molecular complexity index is 1030. The molecule has 1 amide bonds. The van der Waals surface area contributed by atoms with E-state index in [1.165, 1.54) is 0 Å². The molecule has 0 saturated carbocycles. The summed E-state index contributed by atoms with van der Waals surface area (Å²) in [5.74, 6) is 1.34. The molecule has 0 bridgehead atoms. The Morgan fingerprint density at radius 1 is 1.03 bits per heavy atom. The van der Waals surface area contributed by atoms with Crippen LogP contribution in [0.4, 0.5) is 0 Å². The van der Waals surface area contributed by atoms with Gasteiger partial charge < -0.3 is 9.42 Å². The van der Waals surface area contributed by atoms with Gasteiger partial charge in [-0.3, -0.25) is 14.6 Å². The fraction of sp³-hybridized carbons (Fsp3) is 0.400. The molecule has 0 atom stereocenters. The molecule has 174 valence electrons. The number of hydrogen-bond donors (Lipinski definition) is 0. The predicted molar refractivity (Wildman–Crippen MR) is 129 cm³/mol. The van der Waals surface area contributed by atoms with Crippen LogP contribution in [-0.4, -0.2) is 69.5 Å². The van der Waals surface area contributed by atoms with Gasteiger partial charge in [0.15, 0.2) is 0 Å². The van der Waals surface area contributed by atoms with Crippen molar-refractivity contribution in [3.05, 3.63) is 71.1 Å². The Hall–Kier alpha value is -2.74. The second kappa shape index (κ2) is 10.9. The zero-order chi connectivity index (χ0) is 23.2. The molecule has 7 nitrogen and oxygen atoms in total. The molecule has 0 spiro atoms. The Balaban J connectivity index is 1.26. The first-order valence-corrected chi connectivity index (χ1v) is 11.7. The first-order valence-electron chi connectivity index (χ1n) is 11.3. The maximum absolute atomic E-state index is 13.0. The number of benzene rings is 2. The molecule has 3 aromatic rings. The largest absolute Gasteiger partial charge is 0.338 e. The van der Waals surface area contributed by atoms with E-state index in [2.05, 4.69) is 45.9 Å². The van der Waals surface area contributed by atoms with E-state index in [4.69, 9.17) is 16.1 Å². The highest BCUT2D eigenvalue weighted by Gasteiger charge is 2.24. The van der Waals surface area contributed by atoms with E-state index < -0.39 is 0 Å². The standard InChI is InChI=1S/C25H30ClN5O2/c1-19(2)31(16-20-6-4-3-5-7-20)24(32)18-30-14-12-29(13-15-30)17-23-27-25(28-33-23)21-8-10-22(26)11-9-21/h3-11,19H,12-18H2,1-2H3. The molecular weight excluding hydrogens is 438 g/mol. The number of rotatable bonds is 8. The van der Waals surface area contributed by atoms with E-state index in [1.807, 2.05) is 47.4 Å². The molecule has 0 radical (unpaired) electrons. The summed E-state index contributed by atoms with van der Waals surface area (Å²) in [6.45, 7) is 9.21. The highest BCUT2D eigenvalue weighted by Crippen LogP contribution is 2.19. The minimum atomic E-state index is 0.159. The fourth-order valence-electron chi connectivity index (χ4n) is 3.95. The first-order chi connectivity index (χ1) is 16.0. The molecule has 2 aromatic carbocycles. The van der Waals surface area contributed by atoms with Crippen LogP contribution in [0.15, 0.2) is 59.1 Å². The van der Waals surface area contributed by atoms with Gasteiger partial charge in [0.2, 0.25) is 17.6 Å². The number of aromatic nitrogens is 2. The first kappa shape index (κ1) is 23.4. The lowest BCUT2D eigenvalue weighted by Crippen LogP contribution is -2.50. The summed E-state index contributed by atoms with van der Waals surface area (Å²) in [5.41, 5.74) is 2.03. The summed E-state index contributed by atoms with van der Waals surface area (Å²) in [5, 5.41) is 4.77. The molecule has 33 heavy (non-hydrogen) atoms. The van der Waals surface area contributed by atoms with E-state index in [0.29, 0.717) is 36.4 Å². The maximum atomic E-state index is 13.0. The number of piperazine rings is 1. The molecule has 0 N–H and O–H groups in total. The third-order valence-electron chi connectivity index (χ3n) is 5.89. The molecule has 4 rings (SSSR count). The average Bonchev–Trinajstić information content (AvgIpc) is 3.28. The van der Waals surface area contributed by atoms with Gasteiger partial charge in [0.05, 0.1) is 13.1 Å². The van der Waals surface area contributed by atoms with E-state index in [0.717, 1.165) is 37.3 Å². The molecular formula is C25H30ClN5O2. The zero-order valence-electron chi connectivity index (χ0n) is 19.2. The van der Waals surface area contributed by atoms with Crippen LogP contribution in [0.1, 0.15) is 25.3 Å². The maximum Gasteiger partial charge on any atom is 0.241 e. The molecule has 1 aliphatic heterocycles. The lowest BCUT2D eigenvalue weighted by molar-refractivity contribution is -0.135. The van der Waals surface area contributed by atoms with Gasteiger partial charge in [-0.05, 0) is 43.7 Å². The highest BCUT2D eigenvalue weighted by atomic mass is 35.5. The van der Waals surface area contributed by atoms with E-state index in [1.54, 1.807) is 0 Å². The lowest BCUT2D eigenvalue weighted by atomic mass is 10.2. The van der Waals surface area contributed by atoms with Crippen molar-refractivity contribution in [1.82, 2.24) is 24.8 Å². The van der Waals surface area contributed by atoms with Crippen LogP contribution in [0.5, 0.6) is 0 Å². The Morgan fingerprint density at radius 3 is 2.36 bits per heavy atom. The number of halogens is 1. The Labute approximate surface area is 199 Å². The minimum absolute atomic E-state index is 0.159. The van der Waals surface area contributed by atoms with Gasteiger partial charge in [-0.2, -0.15) is 4.98 Å². The quantitative estimate of drug-likeness (QED) is 0.500. The molecule has 0 aliphatic carbocycles. The van der Waals surface area contributed by atoms with Gasteiger partial charge in [0.1, 0.15) is 0 Å². The lowest BCUT2D eigenvalue weighted by Gasteiger charge is -2.35. The molecule has 1 saturated heterocycles. The number of carbonyl (C=O) groups excluding carboxylic acids is 1. The molecule has 0 unspecified atom stereocenters.